The molecule has 0 aromatic rings. The lowest BCUT2D eigenvalue weighted by molar-refractivity contribution is -0.143. The maximum absolute atomic E-state index is 11.3. The molecule has 82 valence electrons. The summed E-state index contributed by atoms with van der Waals surface area (Å²) in [7, 11) is 1.47. The lowest BCUT2D eigenvalue weighted by atomic mass is 10.1. The van der Waals surface area contributed by atoms with E-state index in [1.165, 1.54) is 11.9 Å². The van der Waals surface area contributed by atoms with Gasteiger partial charge in [0, 0.05) is 12.6 Å². The molecule has 2 N–H and O–H groups in total. The van der Waals surface area contributed by atoms with Crippen LogP contribution in [0.2, 0.25) is 0 Å². The molecule has 5 nitrogen and oxygen atoms in total. The minimum absolute atomic E-state index is 0.139. The molecule has 0 aliphatic rings. The summed E-state index contributed by atoms with van der Waals surface area (Å²) in [6.07, 6.45) is 0. The zero-order valence-corrected chi connectivity index (χ0v) is 9.13. The number of carboxylic acids is 1. The smallest absolute Gasteiger partial charge is 0.323 e. The first-order valence-corrected chi connectivity index (χ1v) is 4.43. The van der Waals surface area contributed by atoms with E-state index in [1.807, 2.05) is 20.8 Å². The van der Waals surface area contributed by atoms with Gasteiger partial charge in [-0.15, -0.1) is 0 Å². The summed E-state index contributed by atoms with van der Waals surface area (Å²) in [5, 5.41) is 11.4. The van der Waals surface area contributed by atoms with Crippen molar-refractivity contribution in [2.24, 2.45) is 0 Å². The standard InChI is InChI=1S/C9H18N2O3/c1-9(2,3)10-5-7(12)11(4)6-8(13)14/h10H,5-6H2,1-4H3,(H,13,14). The summed E-state index contributed by atoms with van der Waals surface area (Å²) in [4.78, 5) is 22.8. The van der Waals surface area contributed by atoms with Gasteiger partial charge in [-0.05, 0) is 20.8 Å². The van der Waals surface area contributed by atoms with Crippen molar-refractivity contribution in [3.63, 3.8) is 0 Å². The van der Waals surface area contributed by atoms with Crippen LogP contribution >= 0.6 is 0 Å². The van der Waals surface area contributed by atoms with Crippen molar-refractivity contribution < 1.29 is 14.7 Å². The fraction of sp³-hybridized carbons (Fsp3) is 0.778. The zero-order chi connectivity index (χ0) is 11.4. The highest BCUT2D eigenvalue weighted by Crippen LogP contribution is 1.97. The van der Waals surface area contributed by atoms with Crippen molar-refractivity contribution in [1.29, 1.82) is 0 Å². The highest BCUT2D eigenvalue weighted by atomic mass is 16.4. The van der Waals surface area contributed by atoms with Crippen molar-refractivity contribution in [3.8, 4) is 0 Å². The molecular weight excluding hydrogens is 184 g/mol. The third kappa shape index (κ3) is 6.42. The van der Waals surface area contributed by atoms with Gasteiger partial charge in [0.25, 0.3) is 0 Å². The van der Waals surface area contributed by atoms with Crippen molar-refractivity contribution in [1.82, 2.24) is 10.2 Å². The molecule has 0 radical (unpaired) electrons. The van der Waals surface area contributed by atoms with Gasteiger partial charge in [0.1, 0.15) is 6.54 Å². The summed E-state index contributed by atoms with van der Waals surface area (Å²) in [6.45, 7) is 5.73. The van der Waals surface area contributed by atoms with Crippen LogP contribution in [0.25, 0.3) is 0 Å². The molecule has 0 saturated carbocycles. The largest absolute Gasteiger partial charge is 0.480 e. The summed E-state index contributed by atoms with van der Waals surface area (Å²) in [5.74, 6) is -1.22. The van der Waals surface area contributed by atoms with E-state index in [2.05, 4.69) is 5.32 Å². The Balaban J connectivity index is 3.91. The van der Waals surface area contributed by atoms with Crippen LogP contribution in [0.3, 0.4) is 0 Å². The van der Waals surface area contributed by atoms with Gasteiger partial charge < -0.3 is 15.3 Å². The van der Waals surface area contributed by atoms with Crippen molar-refractivity contribution in [2.45, 2.75) is 26.3 Å². The Labute approximate surface area is 84.1 Å². The Morgan fingerprint density at radius 3 is 2.21 bits per heavy atom. The van der Waals surface area contributed by atoms with Crippen LogP contribution in [0.15, 0.2) is 0 Å². The topological polar surface area (TPSA) is 69.6 Å². The molecule has 0 spiro atoms. The molecule has 0 heterocycles. The van der Waals surface area contributed by atoms with E-state index in [1.54, 1.807) is 0 Å². The van der Waals surface area contributed by atoms with Gasteiger partial charge in [0.05, 0.1) is 6.54 Å². The molecule has 0 unspecified atom stereocenters. The van der Waals surface area contributed by atoms with Crippen LogP contribution in [-0.2, 0) is 9.59 Å². The lowest BCUT2D eigenvalue weighted by Gasteiger charge is -2.22. The quantitative estimate of drug-likeness (QED) is 0.669. The highest BCUT2D eigenvalue weighted by Gasteiger charge is 2.15. The minimum atomic E-state index is -1.00. The monoisotopic (exact) mass is 202 g/mol. The first-order chi connectivity index (χ1) is 6.22. The number of hydrogen-bond donors (Lipinski definition) is 2. The highest BCUT2D eigenvalue weighted by molar-refractivity contribution is 5.82. The number of nitrogens with zero attached hydrogens (tertiary/aromatic N) is 1. The Kier molecular flexibility index (Phi) is 4.56. The van der Waals surface area contributed by atoms with Crippen LogP contribution in [0.4, 0.5) is 0 Å². The van der Waals surface area contributed by atoms with Crippen molar-refractivity contribution in [2.75, 3.05) is 20.1 Å². The molecule has 0 aliphatic heterocycles. The number of carboxylic acid groups (broad SMARTS) is 1. The lowest BCUT2D eigenvalue weighted by Crippen LogP contribution is -2.44. The predicted octanol–water partition coefficient (Wildman–Crippen LogP) is -0.0825. The fourth-order valence-electron chi connectivity index (χ4n) is 0.767. The van der Waals surface area contributed by atoms with E-state index < -0.39 is 5.97 Å². The second-order valence-corrected chi connectivity index (χ2v) is 4.25. The number of carbonyl (C=O) groups is 2. The van der Waals surface area contributed by atoms with Crippen LogP contribution in [0.1, 0.15) is 20.8 Å². The van der Waals surface area contributed by atoms with Crippen LogP contribution < -0.4 is 5.32 Å². The number of hydrogen-bond acceptors (Lipinski definition) is 3. The Hall–Kier alpha value is -1.10. The van der Waals surface area contributed by atoms with E-state index in [9.17, 15) is 9.59 Å². The maximum atomic E-state index is 11.3. The molecule has 0 fully saturated rings. The van der Waals surface area contributed by atoms with Gasteiger partial charge in [-0.25, -0.2) is 0 Å². The van der Waals surface area contributed by atoms with Gasteiger partial charge in [0.2, 0.25) is 5.91 Å². The molecule has 0 aromatic carbocycles. The van der Waals surface area contributed by atoms with E-state index in [0.29, 0.717) is 0 Å². The normalized spacial score (nSPS) is 11.1. The second kappa shape index (κ2) is 4.95. The third-order valence-electron chi connectivity index (χ3n) is 1.57. The average Bonchev–Trinajstić information content (AvgIpc) is 1.97. The number of aliphatic carboxylic acids is 1. The van der Waals surface area contributed by atoms with Crippen LogP contribution in [-0.4, -0.2) is 47.6 Å². The number of carbonyl (C=O) groups excluding carboxylic acids is 1. The molecule has 14 heavy (non-hydrogen) atoms. The maximum Gasteiger partial charge on any atom is 0.323 e. The Bertz CT molecular complexity index is 221. The number of nitrogens with one attached hydrogen (secondary N) is 1. The summed E-state index contributed by atoms with van der Waals surface area (Å²) in [5.41, 5.74) is -0.139. The van der Waals surface area contributed by atoms with Gasteiger partial charge in [0.15, 0.2) is 0 Å². The van der Waals surface area contributed by atoms with Crippen molar-refractivity contribution >= 4 is 11.9 Å². The van der Waals surface area contributed by atoms with Gasteiger partial charge in [-0.2, -0.15) is 0 Å². The Morgan fingerprint density at radius 2 is 1.86 bits per heavy atom. The first-order valence-electron chi connectivity index (χ1n) is 4.43. The predicted molar refractivity (Wildman–Crippen MR) is 53.0 cm³/mol. The molecule has 0 atom stereocenters. The third-order valence-corrected chi connectivity index (χ3v) is 1.57. The molecule has 0 aromatic heterocycles. The minimum Gasteiger partial charge on any atom is -0.480 e. The average molecular weight is 202 g/mol. The summed E-state index contributed by atoms with van der Waals surface area (Å²) >= 11 is 0. The van der Waals surface area contributed by atoms with Crippen molar-refractivity contribution in [3.05, 3.63) is 0 Å². The summed E-state index contributed by atoms with van der Waals surface area (Å²) < 4.78 is 0. The molecule has 5 heteroatoms. The van der Waals surface area contributed by atoms with Gasteiger partial charge in [-0.3, -0.25) is 9.59 Å². The first kappa shape index (κ1) is 12.9. The Morgan fingerprint density at radius 1 is 1.36 bits per heavy atom. The van der Waals surface area contributed by atoms with Gasteiger partial charge in [-0.1, -0.05) is 0 Å². The second-order valence-electron chi connectivity index (χ2n) is 4.25. The van der Waals surface area contributed by atoms with E-state index >= 15 is 0 Å². The summed E-state index contributed by atoms with van der Waals surface area (Å²) in [6, 6.07) is 0. The fourth-order valence-corrected chi connectivity index (χ4v) is 0.767. The molecule has 0 bridgehead atoms. The number of likely N-dealkylation sites (N-methyl/N-ethyl adjacent to an activating group) is 1. The molecule has 0 rings (SSSR count). The van der Waals surface area contributed by atoms with Gasteiger partial charge >= 0.3 is 5.97 Å². The van der Waals surface area contributed by atoms with E-state index in [4.69, 9.17) is 5.11 Å². The van der Waals surface area contributed by atoms with E-state index in [0.717, 1.165) is 0 Å². The van der Waals surface area contributed by atoms with Crippen LogP contribution in [0, 0.1) is 0 Å². The SMILES string of the molecule is CN(CC(=O)O)C(=O)CNC(C)(C)C. The van der Waals surface area contributed by atoms with Crippen LogP contribution in [0.5, 0.6) is 0 Å². The number of rotatable bonds is 4. The number of amides is 1. The molecule has 0 aliphatic carbocycles. The molecule has 1 amide bonds. The zero-order valence-electron chi connectivity index (χ0n) is 9.13. The molecule has 0 saturated heterocycles. The van der Waals surface area contributed by atoms with E-state index in [-0.39, 0.29) is 24.5 Å². The molecular formula is C9H18N2O3.